The molecule has 248 valence electrons. The highest BCUT2D eigenvalue weighted by molar-refractivity contribution is 5.75. The number of carbonyl (C=O) groups excluding carboxylic acids is 1. The molecule has 0 aromatic rings. The Morgan fingerprint density at radius 2 is 1.63 bits per heavy atom. The van der Waals surface area contributed by atoms with Gasteiger partial charge in [0.1, 0.15) is 12.1 Å². The van der Waals surface area contributed by atoms with E-state index in [4.69, 9.17) is 20.9 Å². The standard InChI is InChI=1S/C36H64N2O5/c1-31(2)25-13-18-34(6)26(33(25,5)16-14-27(31)42-30(40)23(38)11-9-10-20-37)21-24(39)29-22(12-17-35(29,34)7)36(8)19-15-28(43-36)32(3,4)41/h22-29,39,41H,9-21,37-38H2,1-8H3/t22-,23-,24+,25-,26+,27-,28-,29-,33-,34+,35+,36-/m0/s1. The minimum Gasteiger partial charge on any atom is -0.461 e. The van der Waals surface area contributed by atoms with E-state index in [1.165, 1.54) is 0 Å². The van der Waals surface area contributed by atoms with Crippen molar-refractivity contribution in [3.8, 4) is 0 Å². The summed E-state index contributed by atoms with van der Waals surface area (Å²) in [6, 6.07) is -0.588. The van der Waals surface area contributed by atoms with E-state index in [9.17, 15) is 15.0 Å². The molecule has 5 aliphatic rings. The summed E-state index contributed by atoms with van der Waals surface area (Å²) in [5.41, 5.74) is 10.7. The molecule has 5 rings (SSSR count). The van der Waals surface area contributed by atoms with Crippen molar-refractivity contribution >= 4 is 5.97 Å². The van der Waals surface area contributed by atoms with Gasteiger partial charge in [-0.05, 0) is 138 Å². The van der Waals surface area contributed by atoms with Crippen molar-refractivity contribution in [1.29, 1.82) is 0 Å². The highest BCUT2D eigenvalue weighted by atomic mass is 16.5. The summed E-state index contributed by atoms with van der Waals surface area (Å²) in [4.78, 5) is 13.0. The van der Waals surface area contributed by atoms with Gasteiger partial charge < -0.3 is 31.2 Å². The fourth-order valence-corrected chi connectivity index (χ4v) is 12.1. The zero-order valence-corrected chi connectivity index (χ0v) is 28.6. The number of fused-ring (bicyclic) bond motifs is 5. The van der Waals surface area contributed by atoms with E-state index in [1.54, 1.807) is 0 Å². The van der Waals surface area contributed by atoms with Crippen molar-refractivity contribution < 1.29 is 24.5 Å². The lowest BCUT2D eigenvalue weighted by Crippen LogP contribution is -2.66. The third-order valence-electron chi connectivity index (χ3n) is 14.7. The van der Waals surface area contributed by atoms with E-state index in [2.05, 4.69) is 41.5 Å². The van der Waals surface area contributed by atoms with Gasteiger partial charge >= 0.3 is 5.97 Å². The first-order valence-electron chi connectivity index (χ1n) is 17.6. The maximum atomic E-state index is 13.0. The predicted octanol–water partition coefficient (Wildman–Crippen LogP) is 5.72. The molecule has 4 aliphatic carbocycles. The lowest BCUT2D eigenvalue weighted by molar-refractivity contribution is -0.251. The maximum absolute atomic E-state index is 13.0. The number of rotatable bonds is 8. The molecule has 1 saturated heterocycles. The third-order valence-corrected chi connectivity index (χ3v) is 14.7. The van der Waals surface area contributed by atoms with Gasteiger partial charge in [0.15, 0.2) is 0 Å². The molecule has 0 aromatic heterocycles. The first kappa shape index (κ1) is 33.6. The van der Waals surface area contributed by atoms with Crippen LogP contribution in [0.2, 0.25) is 0 Å². The Bertz CT molecular complexity index is 1040. The summed E-state index contributed by atoms with van der Waals surface area (Å²) in [6.07, 6.45) is 10.6. The van der Waals surface area contributed by atoms with Crippen LogP contribution in [0.3, 0.4) is 0 Å². The second-order valence-electron chi connectivity index (χ2n) is 17.7. The molecular weight excluding hydrogens is 540 g/mol. The maximum Gasteiger partial charge on any atom is 0.323 e. The Hall–Kier alpha value is -0.730. The van der Waals surface area contributed by atoms with Crippen LogP contribution in [0.4, 0.5) is 0 Å². The van der Waals surface area contributed by atoms with Crippen molar-refractivity contribution in [3.63, 3.8) is 0 Å². The van der Waals surface area contributed by atoms with Crippen LogP contribution in [0.1, 0.15) is 132 Å². The fraction of sp³-hybridized carbons (Fsp3) is 0.972. The summed E-state index contributed by atoms with van der Waals surface area (Å²) in [6.45, 7) is 18.7. The van der Waals surface area contributed by atoms with Gasteiger partial charge in [0.25, 0.3) is 0 Å². The molecule has 0 unspecified atom stereocenters. The van der Waals surface area contributed by atoms with Crippen molar-refractivity contribution in [2.24, 2.45) is 56.8 Å². The molecule has 0 bridgehead atoms. The molecule has 5 fully saturated rings. The Kier molecular flexibility index (Phi) is 8.77. The molecule has 1 heterocycles. The summed E-state index contributed by atoms with van der Waals surface area (Å²) in [7, 11) is 0. The molecule has 1 aliphatic heterocycles. The molecule has 43 heavy (non-hydrogen) atoms. The quantitative estimate of drug-likeness (QED) is 0.206. The minimum atomic E-state index is -0.857. The molecule has 0 aromatic carbocycles. The zero-order valence-electron chi connectivity index (χ0n) is 28.6. The van der Waals surface area contributed by atoms with E-state index >= 15 is 0 Å². The average molecular weight is 605 g/mol. The molecule has 0 spiro atoms. The van der Waals surface area contributed by atoms with E-state index in [-0.39, 0.29) is 57.5 Å². The summed E-state index contributed by atoms with van der Waals surface area (Å²) in [5.74, 6) is 1.04. The molecule has 0 radical (unpaired) electrons. The third kappa shape index (κ3) is 5.23. The smallest absolute Gasteiger partial charge is 0.323 e. The van der Waals surface area contributed by atoms with Gasteiger partial charge in [0, 0.05) is 5.41 Å². The number of aliphatic hydroxyl groups is 2. The normalized spacial score (nSPS) is 48.2. The molecule has 4 saturated carbocycles. The van der Waals surface area contributed by atoms with Gasteiger partial charge in [-0.3, -0.25) is 4.79 Å². The highest BCUT2D eigenvalue weighted by Crippen LogP contribution is 2.76. The first-order chi connectivity index (χ1) is 19.8. The van der Waals surface area contributed by atoms with Gasteiger partial charge in [-0.1, -0.05) is 41.0 Å². The van der Waals surface area contributed by atoms with Crippen molar-refractivity contribution in [3.05, 3.63) is 0 Å². The van der Waals surface area contributed by atoms with Crippen LogP contribution in [0.25, 0.3) is 0 Å². The van der Waals surface area contributed by atoms with E-state index < -0.39 is 11.6 Å². The van der Waals surface area contributed by atoms with Crippen LogP contribution in [-0.2, 0) is 14.3 Å². The molecule has 0 amide bonds. The largest absolute Gasteiger partial charge is 0.461 e. The Balaban J connectivity index is 1.36. The number of nitrogens with two attached hydrogens (primary N) is 2. The van der Waals surface area contributed by atoms with Crippen LogP contribution >= 0.6 is 0 Å². The monoisotopic (exact) mass is 604 g/mol. The van der Waals surface area contributed by atoms with Crippen molar-refractivity contribution in [2.75, 3.05) is 6.54 Å². The fourth-order valence-electron chi connectivity index (χ4n) is 12.1. The summed E-state index contributed by atoms with van der Waals surface area (Å²) in [5, 5.41) is 22.9. The first-order valence-corrected chi connectivity index (χ1v) is 17.6. The highest BCUT2D eigenvalue weighted by Gasteiger charge is 2.72. The Morgan fingerprint density at radius 3 is 2.26 bits per heavy atom. The van der Waals surface area contributed by atoms with Crippen LogP contribution < -0.4 is 11.5 Å². The van der Waals surface area contributed by atoms with Crippen LogP contribution in [0.15, 0.2) is 0 Å². The number of carbonyl (C=O) groups is 1. The second kappa shape index (κ2) is 11.2. The predicted molar refractivity (Wildman–Crippen MR) is 170 cm³/mol. The van der Waals surface area contributed by atoms with Gasteiger partial charge in [-0.15, -0.1) is 0 Å². The average Bonchev–Trinajstić information content (AvgIpc) is 3.50. The number of unbranched alkanes of at least 4 members (excludes halogenated alkanes) is 1. The number of esters is 1. The second-order valence-corrected chi connectivity index (χ2v) is 17.7. The molecule has 7 nitrogen and oxygen atoms in total. The van der Waals surface area contributed by atoms with Gasteiger partial charge in [-0.2, -0.15) is 0 Å². The number of ether oxygens (including phenoxy) is 2. The van der Waals surface area contributed by atoms with E-state index in [1.807, 2.05) is 13.8 Å². The lowest BCUT2D eigenvalue weighted by atomic mass is 9.35. The SMILES string of the molecule is CC(C)(O)[C@@H]1CC[C@@](C)([C@H]2CC[C@]3(C)[C@@H]2[C@H](O)C[C@@H]2[C@@]4(C)CC[C@H](OC(=O)[C@@H](N)CCCCN)C(C)(C)[C@@H]4CC[C@]23C)O1. The van der Waals surface area contributed by atoms with Crippen LogP contribution in [0.5, 0.6) is 0 Å². The van der Waals surface area contributed by atoms with Gasteiger partial charge in [-0.25, -0.2) is 0 Å². The minimum absolute atomic E-state index is 0.0247. The Morgan fingerprint density at radius 1 is 0.953 bits per heavy atom. The number of hydrogen-bond donors (Lipinski definition) is 4. The summed E-state index contributed by atoms with van der Waals surface area (Å²) >= 11 is 0. The van der Waals surface area contributed by atoms with Crippen LogP contribution in [-0.4, -0.2) is 58.3 Å². The van der Waals surface area contributed by atoms with Gasteiger partial charge in [0.2, 0.25) is 0 Å². The van der Waals surface area contributed by atoms with Crippen molar-refractivity contribution in [1.82, 2.24) is 0 Å². The molecule has 7 heteroatoms. The molecular formula is C36H64N2O5. The van der Waals surface area contributed by atoms with E-state index in [0.717, 1.165) is 70.6 Å². The zero-order chi connectivity index (χ0) is 31.8. The summed E-state index contributed by atoms with van der Waals surface area (Å²) < 4.78 is 12.9. The van der Waals surface area contributed by atoms with E-state index in [0.29, 0.717) is 30.7 Å². The molecule has 12 atom stereocenters. The Labute approximate surface area is 261 Å². The topological polar surface area (TPSA) is 128 Å². The molecule has 6 N–H and O–H groups in total. The van der Waals surface area contributed by atoms with Gasteiger partial charge in [0.05, 0.1) is 23.4 Å². The number of hydrogen-bond acceptors (Lipinski definition) is 7. The number of aliphatic hydroxyl groups excluding tert-OH is 1. The lowest BCUT2D eigenvalue weighted by Gasteiger charge is -2.70. The van der Waals surface area contributed by atoms with Crippen LogP contribution in [0, 0.1) is 45.3 Å². The van der Waals surface area contributed by atoms with Crippen molar-refractivity contribution in [2.45, 2.75) is 168 Å².